The Balaban J connectivity index is 1.59. The average molecular weight is 341 g/mol. The number of para-hydroxylation sites is 1. The normalized spacial score (nSPS) is 12.6. The zero-order chi connectivity index (χ0) is 17.7. The van der Waals surface area contributed by atoms with E-state index in [0.29, 0.717) is 16.7 Å². The highest BCUT2D eigenvalue weighted by atomic mass is 16.3. The predicted octanol–water partition coefficient (Wildman–Crippen LogP) is 4.30. The van der Waals surface area contributed by atoms with Gasteiger partial charge in [0, 0.05) is 11.1 Å². The van der Waals surface area contributed by atoms with Crippen LogP contribution in [0.2, 0.25) is 0 Å². The molecule has 4 heteroatoms. The second kappa shape index (κ2) is 5.56. The lowest BCUT2D eigenvalue weighted by Gasteiger charge is -2.10. The van der Waals surface area contributed by atoms with Crippen molar-refractivity contribution in [2.45, 2.75) is 12.8 Å². The first-order valence-electron chi connectivity index (χ1n) is 8.58. The van der Waals surface area contributed by atoms with Gasteiger partial charge in [-0.2, -0.15) is 0 Å². The number of fused-ring (bicyclic) bond motifs is 1. The van der Waals surface area contributed by atoms with E-state index in [4.69, 9.17) is 4.42 Å². The van der Waals surface area contributed by atoms with Crippen LogP contribution in [0.4, 0.5) is 5.69 Å². The summed E-state index contributed by atoms with van der Waals surface area (Å²) in [4.78, 5) is 25.4. The highest BCUT2D eigenvalue weighted by Gasteiger charge is 2.19. The van der Waals surface area contributed by atoms with Crippen molar-refractivity contribution in [1.82, 2.24) is 0 Å². The maximum atomic E-state index is 12.7. The van der Waals surface area contributed by atoms with Gasteiger partial charge in [0.05, 0.1) is 5.39 Å². The summed E-state index contributed by atoms with van der Waals surface area (Å²) < 4.78 is 5.46. The molecule has 126 valence electrons. The number of rotatable bonds is 2. The molecule has 3 aromatic carbocycles. The first-order chi connectivity index (χ1) is 12.7. The number of nitrogens with one attached hydrogen (secondary N) is 1. The smallest absolute Gasteiger partial charge is 0.262 e. The van der Waals surface area contributed by atoms with Crippen LogP contribution in [0.1, 0.15) is 21.5 Å². The number of anilines is 1. The lowest BCUT2D eigenvalue weighted by molar-refractivity contribution is 0.102. The molecule has 1 N–H and O–H groups in total. The van der Waals surface area contributed by atoms with E-state index in [9.17, 15) is 9.59 Å². The van der Waals surface area contributed by atoms with Crippen molar-refractivity contribution in [1.29, 1.82) is 0 Å². The number of amides is 1. The molecule has 0 saturated carbocycles. The van der Waals surface area contributed by atoms with Gasteiger partial charge in [0.1, 0.15) is 17.4 Å². The fourth-order valence-electron chi connectivity index (χ4n) is 3.78. The van der Waals surface area contributed by atoms with Gasteiger partial charge in [-0.3, -0.25) is 9.59 Å². The summed E-state index contributed by atoms with van der Waals surface area (Å²) in [7, 11) is 0. The maximum absolute atomic E-state index is 12.7. The number of benzene rings is 3. The fourth-order valence-corrected chi connectivity index (χ4v) is 3.78. The van der Waals surface area contributed by atoms with Gasteiger partial charge in [-0.1, -0.05) is 36.4 Å². The number of hydrogen-bond acceptors (Lipinski definition) is 3. The standard InChI is InChI=1S/C22H15NO3/c24-21-16-5-1-2-7-19(16)26-12-17(21)22(25)23-18-11-10-14-9-8-13-4-3-6-15(18)20(13)14/h1-7,10-12H,8-9H2,(H,23,25). The quantitative estimate of drug-likeness (QED) is 0.591. The van der Waals surface area contributed by atoms with Crippen LogP contribution >= 0.6 is 0 Å². The largest absolute Gasteiger partial charge is 0.463 e. The second-order valence-corrected chi connectivity index (χ2v) is 6.54. The monoisotopic (exact) mass is 341 g/mol. The molecule has 1 aliphatic rings. The Bertz CT molecular complexity index is 1240. The van der Waals surface area contributed by atoms with Crippen molar-refractivity contribution >= 4 is 33.3 Å². The van der Waals surface area contributed by atoms with E-state index >= 15 is 0 Å². The van der Waals surface area contributed by atoms with E-state index in [-0.39, 0.29) is 11.0 Å². The van der Waals surface area contributed by atoms with E-state index in [2.05, 4.69) is 17.4 Å². The molecule has 0 radical (unpaired) electrons. The van der Waals surface area contributed by atoms with Crippen LogP contribution in [0.25, 0.3) is 21.7 Å². The van der Waals surface area contributed by atoms with Crippen LogP contribution in [0, 0.1) is 0 Å². The van der Waals surface area contributed by atoms with E-state index in [1.807, 2.05) is 18.2 Å². The van der Waals surface area contributed by atoms with Crippen LogP contribution in [0.5, 0.6) is 0 Å². The Hall–Kier alpha value is -3.40. The van der Waals surface area contributed by atoms with Crippen molar-refractivity contribution in [2.75, 3.05) is 5.32 Å². The fraction of sp³-hybridized carbons (Fsp3) is 0.0909. The predicted molar refractivity (Wildman–Crippen MR) is 102 cm³/mol. The molecule has 1 amide bonds. The first kappa shape index (κ1) is 14.9. The molecule has 1 aliphatic carbocycles. The molecule has 26 heavy (non-hydrogen) atoms. The molecule has 1 aromatic heterocycles. The molecule has 0 bridgehead atoms. The molecule has 0 spiro atoms. The van der Waals surface area contributed by atoms with Gasteiger partial charge >= 0.3 is 0 Å². The van der Waals surface area contributed by atoms with Crippen molar-refractivity contribution in [2.24, 2.45) is 0 Å². The second-order valence-electron chi connectivity index (χ2n) is 6.54. The van der Waals surface area contributed by atoms with Crippen molar-refractivity contribution < 1.29 is 9.21 Å². The summed E-state index contributed by atoms with van der Waals surface area (Å²) in [5, 5.41) is 5.52. The highest BCUT2D eigenvalue weighted by Crippen LogP contribution is 2.35. The van der Waals surface area contributed by atoms with Gasteiger partial charge in [-0.05, 0) is 47.6 Å². The van der Waals surface area contributed by atoms with Crippen LogP contribution < -0.4 is 10.7 Å². The molecule has 0 saturated heterocycles. The Morgan fingerprint density at radius 1 is 0.885 bits per heavy atom. The molecule has 1 heterocycles. The molecule has 0 fully saturated rings. The molecule has 4 nitrogen and oxygen atoms in total. The molecule has 0 atom stereocenters. The Morgan fingerprint density at radius 3 is 2.54 bits per heavy atom. The maximum Gasteiger partial charge on any atom is 0.262 e. The van der Waals surface area contributed by atoms with Crippen LogP contribution in [0.15, 0.2) is 70.1 Å². The van der Waals surface area contributed by atoms with Gasteiger partial charge in [0.25, 0.3) is 5.91 Å². The summed E-state index contributed by atoms with van der Waals surface area (Å²) in [6.45, 7) is 0. The van der Waals surface area contributed by atoms with E-state index in [1.165, 1.54) is 22.8 Å². The SMILES string of the molecule is O=C(Nc1ccc2c3c(cccc13)CC2)c1coc2ccccc2c1=O. The van der Waals surface area contributed by atoms with Gasteiger partial charge in [0.2, 0.25) is 5.43 Å². The molecule has 4 aromatic rings. The lowest BCUT2D eigenvalue weighted by atomic mass is 10.0. The molecule has 0 unspecified atom stereocenters. The van der Waals surface area contributed by atoms with Gasteiger partial charge < -0.3 is 9.73 Å². The van der Waals surface area contributed by atoms with Gasteiger partial charge in [-0.25, -0.2) is 0 Å². The van der Waals surface area contributed by atoms with Crippen LogP contribution in [-0.4, -0.2) is 5.91 Å². The third kappa shape index (κ3) is 2.15. The highest BCUT2D eigenvalue weighted by molar-refractivity contribution is 6.11. The topological polar surface area (TPSA) is 59.3 Å². The zero-order valence-corrected chi connectivity index (χ0v) is 13.9. The van der Waals surface area contributed by atoms with Crippen molar-refractivity contribution in [3.8, 4) is 0 Å². The minimum absolute atomic E-state index is 0.00644. The summed E-state index contributed by atoms with van der Waals surface area (Å²) in [5.74, 6) is -0.455. The number of carbonyl (C=O) groups is 1. The molecule has 0 aliphatic heterocycles. The minimum atomic E-state index is -0.455. The molecular formula is C22H15NO3. The Labute approximate surface area is 149 Å². The van der Waals surface area contributed by atoms with Gasteiger partial charge in [0.15, 0.2) is 0 Å². The number of aryl methyl sites for hydroxylation is 2. The van der Waals surface area contributed by atoms with E-state index < -0.39 is 5.91 Å². The van der Waals surface area contributed by atoms with E-state index in [0.717, 1.165) is 18.2 Å². The minimum Gasteiger partial charge on any atom is -0.463 e. The third-order valence-electron chi connectivity index (χ3n) is 5.05. The van der Waals surface area contributed by atoms with Crippen LogP contribution in [-0.2, 0) is 12.8 Å². The summed E-state index contributed by atoms with van der Waals surface area (Å²) in [6.07, 6.45) is 3.29. The number of carbonyl (C=O) groups excluding carboxylic acids is 1. The first-order valence-corrected chi connectivity index (χ1v) is 8.58. The van der Waals surface area contributed by atoms with Gasteiger partial charge in [-0.15, -0.1) is 0 Å². The van der Waals surface area contributed by atoms with Crippen molar-refractivity contribution in [3.05, 3.63) is 87.8 Å². The zero-order valence-electron chi connectivity index (χ0n) is 13.9. The lowest BCUT2D eigenvalue weighted by Crippen LogP contribution is -2.21. The Morgan fingerprint density at radius 2 is 1.65 bits per heavy atom. The summed E-state index contributed by atoms with van der Waals surface area (Å²) >= 11 is 0. The van der Waals surface area contributed by atoms with Crippen molar-refractivity contribution in [3.63, 3.8) is 0 Å². The van der Waals surface area contributed by atoms with Crippen LogP contribution in [0.3, 0.4) is 0 Å². The average Bonchev–Trinajstić information content (AvgIpc) is 3.09. The third-order valence-corrected chi connectivity index (χ3v) is 5.05. The Kier molecular flexibility index (Phi) is 3.19. The molecular weight excluding hydrogens is 326 g/mol. The summed E-state index contributed by atoms with van der Waals surface area (Å²) in [6, 6.07) is 17.0. The summed E-state index contributed by atoms with van der Waals surface area (Å²) in [5.41, 5.74) is 3.48. The number of hydrogen-bond donors (Lipinski definition) is 1. The van der Waals surface area contributed by atoms with E-state index in [1.54, 1.807) is 24.3 Å². The molecule has 5 rings (SSSR count).